The smallest absolute Gasteiger partial charge is 0.138 e. The molecule has 0 spiro atoms. The van der Waals surface area contributed by atoms with Gasteiger partial charge in [0.05, 0.1) is 23.3 Å². The van der Waals surface area contributed by atoms with E-state index in [1.807, 2.05) is 42.5 Å². The van der Waals surface area contributed by atoms with Crippen molar-refractivity contribution in [3.05, 3.63) is 66.1 Å². The summed E-state index contributed by atoms with van der Waals surface area (Å²) >= 11 is 5.71. The second kappa shape index (κ2) is 5.88. The lowest BCUT2D eigenvalue weighted by Crippen LogP contribution is -1.98. The zero-order chi connectivity index (χ0) is 13.8. The van der Waals surface area contributed by atoms with Crippen molar-refractivity contribution in [3.63, 3.8) is 0 Å². The first-order valence-electron chi connectivity index (χ1n) is 6.33. The van der Waals surface area contributed by atoms with Gasteiger partial charge in [0.25, 0.3) is 0 Å². The standard InChI is InChI=1S/C16H13ClN2O/c17-9-14-6-7-15(10-19-14)20-11-13-4-1-3-12-5-2-8-18-16(12)13/h1-8,10H,9,11H2. The van der Waals surface area contributed by atoms with Crippen molar-refractivity contribution < 1.29 is 4.74 Å². The number of hydrogen-bond donors (Lipinski definition) is 0. The average molecular weight is 285 g/mol. The number of rotatable bonds is 4. The van der Waals surface area contributed by atoms with Crippen molar-refractivity contribution >= 4 is 22.5 Å². The number of fused-ring (bicyclic) bond motifs is 1. The molecule has 0 saturated heterocycles. The van der Waals surface area contributed by atoms with Crippen LogP contribution in [0.1, 0.15) is 11.3 Å². The van der Waals surface area contributed by atoms with Crippen molar-refractivity contribution in [1.29, 1.82) is 0 Å². The molecule has 0 saturated carbocycles. The summed E-state index contributed by atoms with van der Waals surface area (Å²) in [5.74, 6) is 1.14. The van der Waals surface area contributed by atoms with Gasteiger partial charge in [-0.15, -0.1) is 11.6 Å². The first-order valence-corrected chi connectivity index (χ1v) is 6.86. The highest BCUT2D eigenvalue weighted by atomic mass is 35.5. The highest BCUT2D eigenvalue weighted by Gasteiger charge is 2.03. The van der Waals surface area contributed by atoms with Crippen LogP contribution in [0.3, 0.4) is 0 Å². The summed E-state index contributed by atoms with van der Waals surface area (Å²) in [6.45, 7) is 0.469. The summed E-state index contributed by atoms with van der Waals surface area (Å²) in [7, 11) is 0. The van der Waals surface area contributed by atoms with Crippen LogP contribution in [0.15, 0.2) is 54.9 Å². The number of pyridine rings is 2. The number of halogens is 1. The van der Waals surface area contributed by atoms with E-state index in [2.05, 4.69) is 9.97 Å². The Balaban J connectivity index is 1.79. The van der Waals surface area contributed by atoms with E-state index >= 15 is 0 Å². The molecule has 0 radical (unpaired) electrons. The zero-order valence-electron chi connectivity index (χ0n) is 10.8. The minimum absolute atomic E-state index is 0.410. The molecule has 0 unspecified atom stereocenters. The summed E-state index contributed by atoms with van der Waals surface area (Å²) in [4.78, 5) is 8.61. The molecule has 0 amide bonds. The van der Waals surface area contributed by atoms with Crippen LogP contribution in [-0.2, 0) is 12.5 Å². The second-order valence-corrected chi connectivity index (χ2v) is 4.67. The van der Waals surface area contributed by atoms with E-state index in [1.54, 1.807) is 12.4 Å². The lowest BCUT2D eigenvalue weighted by atomic mass is 10.1. The van der Waals surface area contributed by atoms with Gasteiger partial charge in [-0.1, -0.05) is 24.3 Å². The summed E-state index contributed by atoms with van der Waals surface area (Å²) in [6.07, 6.45) is 3.49. The number of ether oxygens (including phenoxy) is 1. The number of aromatic nitrogens is 2. The Morgan fingerprint density at radius 2 is 1.90 bits per heavy atom. The maximum atomic E-state index is 5.75. The predicted octanol–water partition coefficient (Wildman–Crippen LogP) is 3.95. The fraction of sp³-hybridized carbons (Fsp3) is 0.125. The molecular formula is C16H13ClN2O. The van der Waals surface area contributed by atoms with Gasteiger partial charge in [0.1, 0.15) is 12.4 Å². The Labute approximate surface area is 122 Å². The first kappa shape index (κ1) is 12.9. The number of alkyl halides is 1. The molecule has 3 aromatic rings. The lowest BCUT2D eigenvalue weighted by molar-refractivity contribution is 0.306. The van der Waals surface area contributed by atoms with E-state index in [-0.39, 0.29) is 0 Å². The lowest BCUT2D eigenvalue weighted by Gasteiger charge is -2.08. The first-order chi connectivity index (χ1) is 9.86. The fourth-order valence-electron chi connectivity index (χ4n) is 2.02. The monoisotopic (exact) mass is 284 g/mol. The Morgan fingerprint density at radius 3 is 2.70 bits per heavy atom. The average Bonchev–Trinajstić information content (AvgIpc) is 2.53. The van der Waals surface area contributed by atoms with Crippen LogP contribution in [0.5, 0.6) is 5.75 Å². The molecule has 3 rings (SSSR count). The summed E-state index contributed by atoms with van der Waals surface area (Å²) in [5.41, 5.74) is 2.87. The normalized spacial score (nSPS) is 10.7. The van der Waals surface area contributed by atoms with Gasteiger partial charge >= 0.3 is 0 Å². The highest BCUT2D eigenvalue weighted by Crippen LogP contribution is 2.18. The molecule has 0 atom stereocenters. The largest absolute Gasteiger partial charge is 0.487 e. The number of hydrogen-bond acceptors (Lipinski definition) is 3. The maximum Gasteiger partial charge on any atom is 0.138 e. The summed E-state index contributed by atoms with van der Waals surface area (Å²) in [6, 6.07) is 13.8. The van der Waals surface area contributed by atoms with Gasteiger partial charge in [-0.25, -0.2) is 0 Å². The van der Waals surface area contributed by atoms with E-state index in [1.165, 1.54) is 0 Å². The Hall–Kier alpha value is -2.13. The third-order valence-electron chi connectivity index (χ3n) is 3.05. The molecular weight excluding hydrogens is 272 g/mol. The van der Waals surface area contributed by atoms with Gasteiger partial charge in [-0.05, 0) is 18.2 Å². The molecule has 0 aliphatic heterocycles. The van der Waals surface area contributed by atoms with Gasteiger partial charge in [-0.2, -0.15) is 0 Å². The van der Waals surface area contributed by atoms with Gasteiger partial charge in [0, 0.05) is 17.1 Å². The van der Waals surface area contributed by atoms with E-state index in [9.17, 15) is 0 Å². The van der Waals surface area contributed by atoms with Crippen molar-refractivity contribution in [1.82, 2.24) is 9.97 Å². The molecule has 0 fully saturated rings. The van der Waals surface area contributed by atoms with Gasteiger partial charge in [0.2, 0.25) is 0 Å². The van der Waals surface area contributed by atoms with Crippen LogP contribution < -0.4 is 4.74 Å². The third-order valence-corrected chi connectivity index (χ3v) is 3.32. The Kier molecular flexibility index (Phi) is 3.79. The van der Waals surface area contributed by atoms with Crippen molar-refractivity contribution in [3.8, 4) is 5.75 Å². The quantitative estimate of drug-likeness (QED) is 0.681. The van der Waals surface area contributed by atoms with Crippen LogP contribution in [-0.4, -0.2) is 9.97 Å². The molecule has 0 N–H and O–H groups in total. The molecule has 1 aromatic carbocycles. The van der Waals surface area contributed by atoms with E-state index in [4.69, 9.17) is 16.3 Å². The van der Waals surface area contributed by atoms with Gasteiger partial charge < -0.3 is 4.74 Å². The van der Waals surface area contributed by atoms with E-state index in [0.717, 1.165) is 27.9 Å². The molecule has 0 aliphatic carbocycles. The zero-order valence-corrected chi connectivity index (χ0v) is 11.5. The molecule has 3 nitrogen and oxygen atoms in total. The van der Waals surface area contributed by atoms with Crippen LogP contribution >= 0.6 is 11.6 Å². The molecule has 0 bridgehead atoms. The Bertz CT molecular complexity index is 708. The van der Waals surface area contributed by atoms with Crippen molar-refractivity contribution in [2.45, 2.75) is 12.5 Å². The summed E-state index contributed by atoms with van der Waals surface area (Å²) in [5, 5.41) is 1.12. The van der Waals surface area contributed by atoms with Gasteiger partial charge in [0.15, 0.2) is 0 Å². The van der Waals surface area contributed by atoms with E-state index < -0.39 is 0 Å². The minimum atomic E-state index is 0.410. The number of para-hydroxylation sites is 1. The third kappa shape index (κ3) is 2.73. The van der Waals surface area contributed by atoms with Crippen LogP contribution in [0.2, 0.25) is 0 Å². The SMILES string of the molecule is ClCc1ccc(OCc2cccc3cccnc23)cn1. The van der Waals surface area contributed by atoms with E-state index in [0.29, 0.717) is 12.5 Å². The highest BCUT2D eigenvalue weighted by molar-refractivity contribution is 6.16. The Morgan fingerprint density at radius 1 is 1.00 bits per heavy atom. The molecule has 20 heavy (non-hydrogen) atoms. The molecule has 2 aromatic heterocycles. The van der Waals surface area contributed by atoms with Gasteiger partial charge in [-0.3, -0.25) is 9.97 Å². The number of nitrogens with zero attached hydrogens (tertiary/aromatic N) is 2. The van der Waals surface area contributed by atoms with Crippen LogP contribution in [0, 0.1) is 0 Å². The van der Waals surface area contributed by atoms with Crippen LogP contribution in [0.25, 0.3) is 10.9 Å². The molecule has 100 valence electrons. The van der Waals surface area contributed by atoms with Crippen molar-refractivity contribution in [2.75, 3.05) is 0 Å². The number of benzene rings is 1. The fourth-order valence-corrected chi connectivity index (χ4v) is 2.18. The summed E-state index contributed by atoms with van der Waals surface area (Å²) < 4.78 is 5.75. The molecule has 0 aliphatic rings. The van der Waals surface area contributed by atoms with Crippen LogP contribution in [0.4, 0.5) is 0 Å². The predicted molar refractivity (Wildman–Crippen MR) is 79.9 cm³/mol. The topological polar surface area (TPSA) is 35.0 Å². The minimum Gasteiger partial charge on any atom is -0.487 e. The van der Waals surface area contributed by atoms with Crippen molar-refractivity contribution in [2.24, 2.45) is 0 Å². The molecule has 4 heteroatoms. The maximum absolute atomic E-state index is 5.75. The molecule has 2 heterocycles. The second-order valence-electron chi connectivity index (χ2n) is 4.40.